The minimum Gasteiger partial charge on any atom is -0.340 e. The molecule has 1 aliphatic heterocycles. The van der Waals surface area contributed by atoms with Crippen LogP contribution in [0.2, 0.25) is 0 Å². The number of nitriles is 2. The van der Waals surface area contributed by atoms with Crippen LogP contribution in [-0.2, 0) is 4.79 Å². The van der Waals surface area contributed by atoms with Gasteiger partial charge < -0.3 is 9.88 Å². The zero-order valence-electron chi connectivity index (χ0n) is 16.9. The summed E-state index contributed by atoms with van der Waals surface area (Å²) in [5.41, 5.74) is 2.42. The molecule has 5 heterocycles. The number of likely N-dealkylation sites (tertiary alicyclic amines) is 1. The lowest BCUT2D eigenvalue weighted by Gasteiger charge is -2.32. The third-order valence-corrected chi connectivity index (χ3v) is 5.69. The van der Waals surface area contributed by atoms with Crippen LogP contribution < -0.4 is 5.69 Å². The fourth-order valence-corrected chi connectivity index (χ4v) is 4.18. The van der Waals surface area contributed by atoms with E-state index in [1.165, 1.54) is 0 Å². The molecular formula is C21H17N9O2. The van der Waals surface area contributed by atoms with Gasteiger partial charge in [-0.05, 0) is 25.0 Å². The number of pyridine rings is 1. The van der Waals surface area contributed by atoms with Crippen LogP contribution in [0.3, 0.4) is 0 Å². The normalized spacial score (nSPS) is 16.2. The van der Waals surface area contributed by atoms with Gasteiger partial charge in [-0.3, -0.25) is 9.36 Å². The standard InChI is InChI=1S/C21H17N9O2/c22-5-3-18(31)28-6-1-2-14(12-28)30-20-16(26-21(30)32)11-24-19(27-20)15-10-25-29-7-4-13(9-23)8-17(15)29/h4,7-8,10-11,14H,1-3,6,12H2,(H,26,32)/t14-/m0/s1. The predicted molar refractivity (Wildman–Crippen MR) is 112 cm³/mol. The maximum absolute atomic E-state index is 12.8. The number of amides is 1. The van der Waals surface area contributed by atoms with Crippen LogP contribution in [0.5, 0.6) is 0 Å². The van der Waals surface area contributed by atoms with Crippen molar-refractivity contribution in [3.8, 4) is 23.5 Å². The van der Waals surface area contributed by atoms with Gasteiger partial charge in [0.2, 0.25) is 5.91 Å². The number of hydrogen-bond donors (Lipinski definition) is 1. The molecule has 0 radical (unpaired) electrons. The molecule has 1 aliphatic rings. The molecule has 0 bridgehead atoms. The Labute approximate surface area is 181 Å². The van der Waals surface area contributed by atoms with Gasteiger partial charge in [-0.1, -0.05) is 0 Å². The molecule has 4 aromatic heterocycles. The van der Waals surface area contributed by atoms with Crippen molar-refractivity contribution in [3.63, 3.8) is 0 Å². The van der Waals surface area contributed by atoms with Gasteiger partial charge >= 0.3 is 5.69 Å². The van der Waals surface area contributed by atoms with Crippen molar-refractivity contribution in [3.05, 3.63) is 46.8 Å². The molecule has 11 nitrogen and oxygen atoms in total. The first-order chi connectivity index (χ1) is 15.6. The second-order valence-electron chi connectivity index (χ2n) is 7.62. The highest BCUT2D eigenvalue weighted by molar-refractivity contribution is 5.80. The first kappa shape index (κ1) is 19.5. The Bertz CT molecular complexity index is 1500. The number of nitrogens with zero attached hydrogens (tertiary/aromatic N) is 8. The second kappa shape index (κ2) is 7.63. The SMILES string of the molecule is N#CCC(=O)N1CCC[C@H](n2c(=O)[nH]c3cnc(-c4cnn5ccc(C#N)cc45)nc32)C1. The molecule has 5 rings (SSSR count). The number of hydrogen-bond acceptors (Lipinski definition) is 7. The molecule has 0 aliphatic carbocycles. The summed E-state index contributed by atoms with van der Waals surface area (Å²) in [5, 5.41) is 22.3. The maximum Gasteiger partial charge on any atom is 0.328 e. The number of carbonyl (C=O) groups excluding carboxylic acids is 1. The molecule has 11 heteroatoms. The zero-order chi connectivity index (χ0) is 22.2. The van der Waals surface area contributed by atoms with Crippen molar-refractivity contribution < 1.29 is 4.79 Å². The molecule has 4 aromatic rings. The van der Waals surface area contributed by atoms with Crippen LogP contribution in [0.1, 0.15) is 30.9 Å². The van der Waals surface area contributed by atoms with Gasteiger partial charge in [0.1, 0.15) is 11.9 Å². The summed E-state index contributed by atoms with van der Waals surface area (Å²) >= 11 is 0. The average molecular weight is 427 g/mol. The fourth-order valence-electron chi connectivity index (χ4n) is 4.18. The first-order valence-corrected chi connectivity index (χ1v) is 10.1. The quantitative estimate of drug-likeness (QED) is 0.519. The van der Waals surface area contributed by atoms with E-state index < -0.39 is 0 Å². The van der Waals surface area contributed by atoms with E-state index in [0.717, 1.165) is 6.42 Å². The number of aromatic amines is 1. The summed E-state index contributed by atoms with van der Waals surface area (Å²) in [5.74, 6) is 0.142. The zero-order valence-corrected chi connectivity index (χ0v) is 16.9. The van der Waals surface area contributed by atoms with Crippen molar-refractivity contribution in [2.24, 2.45) is 0 Å². The van der Waals surface area contributed by atoms with Crippen molar-refractivity contribution >= 4 is 22.6 Å². The molecule has 1 amide bonds. The minimum absolute atomic E-state index is 0.179. The molecule has 0 unspecified atom stereocenters. The summed E-state index contributed by atoms with van der Waals surface area (Å²) in [6, 6.07) is 7.11. The van der Waals surface area contributed by atoms with Crippen molar-refractivity contribution in [2.45, 2.75) is 25.3 Å². The average Bonchev–Trinajstić information content (AvgIpc) is 3.38. The maximum atomic E-state index is 12.8. The first-order valence-electron chi connectivity index (χ1n) is 10.1. The summed E-state index contributed by atoms with van der Waals surface area (Å²) < 4.78 is 3.20. The molecule has 158 valence electrons. The minimum atomic E-state index is -0.322. The van der Waals surface area contributed by atoms with Gasteiger partial charge in [0, 0.05) is 19.3 Å². The Morgan fingerprint density at radius 1 is 1.31 bits per heavy atom. The van der Waals surface area contributed by atoms with Crippen LogP contribution >= 0.6 is 0 Å². The van der Waals surface area contributed by atoms with Crippen LogP contribution in [0.15, 0.2) is 35.5 Å². The highest BCUT2D eigenvalue weighted by Gasteiger charge is 2.27. The lowest BCUT2D eigenvalue weighted by atomic mass is 10.1. The lowest BCUT2D eigenvalue weighted by molar-refractivity contribution is -0.131. The number of nitrogens with one attached hydrogen (secondary N) is 1. The van der Waals surface area contributed by atoms with Gasteiger partial charge in [-0.15, -0.1) is 0 Å². The van der Waals surface area contributed by atoms with E-state index >= 15 is 0 Å². The van der Waals surface area contributed by atoms with Gasteiger partial charge in [-0.2, -0.15) is 15.6 Å². The molecule has 1 atom stereocenters. The van der Waals surface area contributed by atoms with E-state index in [9.17, 15) is 14.9 Å². The number of imidazole rings is 1. The number of rotatable bonds is 3. The number of aromatic nitrogens is 6. The van der Waals surface area contributed by atoms with Crippen LogP contribution in [-0.4, -0.2) is 53.0 Å². The van der Waals surface area contributed by atoms with Crippen LogP contribution in [0.4, 0.5) is 0 Å². The topological polar surface area (TPSA) is 149 Å². The monoisotopic (exact) mass is 427 g/mol. The highest BCUT2D eigenvalue weighted by Crippen LogP contribution is 2.26. The summed E-state index contributed by atoms with van der Waals surface area (Å²) in [6.07, 6.45) is 6.12. The molecule has 1 saturated heterocycles. The van der Waals surface area contributed by atoms with Crippen molar-refractivity contribution in [1.29, 1.82) is 10.5 Å². The molecule has 32 heavy (non-hydrogen) atoms. The number of carbonyl (C=O) groups is 1. The van der Waals surface area contributed by atoms with Crippen LogP contribution in [0, 0.1) is 22.7 Å². The molecular weight excluding hydrogens is 410 g/mol. The van der Waals surface area contributed by atoms with Gasteiger partial charge in [0.05, 0.1) is 47.2 Å². The lowest BCUT2D eigenvalue weighted by Crippen LogP contribution is -2.42. The molecule has 0 aromatic carbocycles. The Morgan fingerprint density at radius 2 is 2.19 bits per heavy atom. The molecule has 1 N–H and O–H groups in total. The van der Waals surface area contributed by atoms with Crippen molar-refractivity contribution in [1.82, 2.24) is 34.0 Å². The van der Waals surface area contributed by atoms with Crippen LogP contribution in [0.25, 0.3) is 28.1 Å². The predicted octanol–water partition coefficient (Wildman–Crippen LogP) is 1.38. The fraction of sp³-hybridized carbons (Fsp3) is 0.286. The van der Waals surface area contributed by atoms with E-state index in [-0.39, 0.29) is 24.1 Å². The van der Waals surface area contributed by atoms with E-state index in [4.69, 9.17) is 5.26 Å². The highest BCUT2D eigenvalue weighted by atomic mass is 16.2. The Morgan fingerprint density at radius 3 is 3.00 bits per heavy atom. The largest absolute Gasteiger partial charge is 0.340 e. The van der Waals surface area contributed by atoms with E-state index in [2.05, 4.69) is 26.1 Å². The third kappa shape index (κ3) is 3.17. The smallest absolute Gasteiger partial charge is 0.328 e. The van der Waals surface area contributed by atoms with Gasteiger partial charge in [0.25, 0.3) is 0 Å². The van der Waals surface area contributed by atoms with E-state index in [1.807, 2.05) is 6.07 Å². The van der Waals surface area contributed by atoms with Gasteiger partial charge in [0.15, 0.2) is 11.5 Å². The number of H-pyrrole nitrogens is 1. The second-order valence-corrected chi connectivity index (χ2v) is 7.62. The molecule has 1 fully saturated rings. The number of piperidine rings is 1. The van der Waals surface area contributed by atoms with E-state index in [1.54, 1.807) is 44.7 Å². The molecule has 0 saturated carbocycles. The summed E-state index contributed by atoms with van der Waals surface area (Å²) in [7, 11) is 0. The Balaban J connectivity index is 1.58. The van der Waals surface area contributed by atoms with E-state index in [0.29, 0.717) is 53.1 Å². The number of fused-ring (bicyclic) bond motifs is 2. The Kier molecular flexibility index (Phi) is 4.64. The van der Waals surface area contributed by atoms with Crippen molar-refractivity contribution in [2.75, 3.05) is 13.1 Å². The summed E-state index contributed by atoms with van der Waals surface area (Å²) in [4.78, 5) is 38.4. The third-order valence-electron chi connectivity index (χ3n) is 5.69. The summed E-state index contributed by atoms with van der Waals surface area (Å²) in [6.45, 7) is 0.910. The Hall–Kier alpha value is -4.51. The van der Waals surface area contributed by atoms with Gasteiger partial charge in [-0.25, -0.2) is 19.3 Å². The molecule has 0 spiro atoms.